The number of benzene rings is 1. The van der Waals surface area contributed by atoms with Crippen molar-refractivity contribution in [2.45, 2.75) is 33.2 Å². The molecule has 1 aromatic heterocycles. The van der Waals surface area contributed by atoms with Gasteiger partial charge in [-0.1, -0.05) is 23.7 Å². The predicted molar refractivity (Wildman–Crippen MR) is 79.7 cm³/mol. The number of hydrogen-bond donors (Lipinski definition) is 1. The molecular formula is C15H17ClFN3. The monoisotopic (exact) mass is 293 g/mol. The van der Waals surface area contributed by atoms with Gasteiger partial charge in [-0.15, -0.1) is 10.2 Å². The summed E-state index contributed by atoms with van der Waals surface area (Å²) in [5.74, 6) is 0.519. The molecule has 0 aliphatic rings. The Morgan fingerprint density at radius 3 is 2.45 bits per heavy atom. The molecule has 0 spiro atoms. The number of halogens is 2. The number of anilines is 1. The first kappa shape index (κ1) is 14.7. The summed E-state index contributed by atoms with van der Waals surface area (Å²) < 4.78 is 12.9. The Kier molecular flexibility index (Phi) is 4.55. The molecular weight excluding hydrogens is 277 g/mol. The fourth-order valence-corrected chi connectivity index (χ4v) is 2.15. The molecule has 0 aliphatic carbocycles. The fourth-order valence-electron chi connectivity index (χ4n) is 1.97. The average molecular weight is 294 g/mol. The highest BCUT2D eigenvalue weighted by atomic mass is 35.5. The van der Waals surface area contributed by atoms with Crippen molar-refractivity contribution in [2.24, 2.45) is 0 Å². The highest BCUT2D eigenvalue weighted by Gasteiger charge is 2.11. The van der Waals surface area contributed by atoms with E-state index in [2.05, 4.69) is 22.4 Å². The first-order valence-electron chi connectivity index (χ1n) is 6.47. The smallest absolute Gasteiger partial charge is 0.155 e. The lowest BCUT2D eigenvalue weighted by Gasteiger charge is -2.16. The lowest BCUT2D eigenvalue weighted by atomic mass is 10.1. The van der Waals surface area contributed by atoms with Crippen LogP contribution >= 0.6 is 11.6 Å². The maximum atomic E-state index is 12.9. The second-order valence-corrected chi connectivity index (χ2v) is 5.32. The van der Waals surface area contributed by atoms with E-state index < -0.39 is 0 Å². The van der Waals surface area contributed by atoms with Crippen LogP contribution in [-0.2, 0) is 6.42 Å². The van der Waals surface area contributed by atoms with Gasteiger partial charge in [-0.3, -0.25) is 0 Å². The van der Waals surface area contributed by atoms with E-state index in [4.69, 9.17) is 11.6 Å². The first-order chi connectivity index (χ1) is 9.47. The van der Waals surface area contributed by atoms with Crippen molar-refractivity contribution >= 4 is 17.4 Å². The molecule has 1 aromatic carbocycles. The maximum absolute atomic E-state index is 12.9. The van der Waals surface area contributed by atoms with Gasteiger partial charge < -0.3 is 5.32 Å². The maximum Gasteiger partial charge on any atom is 0.155 e. The van der Waals surface area contributed by atoms with Gasteiger partial charge in [0.15, 0.2) is 11.0 Å². The second-order valence-electron chi connectivity index (χ2n) is 4.97. The van der Waals surface area contributed by atoms with Gasteiger partial charge in [0.2, 0.25) is 0 Å². The molecule has 0 fully saturated rings. The molecule has 0 amide bonds. The highest BCUT2D eigenvalue weighted by molar-refractivity contribution is 6.30. The number of aromatic nitrogens is 2. The number of hydrogen-bond acceptors (Lipinski definition) is 3. The van der Waals surface area contributed by atoms with Gasteiger partial charge in [0, 0.05) is 6.04 Å². The Morgan fingerprint density at radius 2 is 1.80 bits per heavy atom. The molecule has 3 nitrogen and oxygen atoms in total. The molecule has 1 heterocycles. The van der Waals surface area contributed by atoms with Gasteiger partial charge in [-0.2, -0.15) is 0 Å². The Labute approximate surface area is 123 Å². The van der Waals surface area contributed by atoms with E-state index in [-0.39, 0.29) is 11.9 Å². The third kappa shape index (κ3) is 3.45. The molecule has 5 heteroatoms. The Bertz CT molecular complexity index is 599. The average Bonchev–Trinajstić information content (AvgIpc) is 2.42. The third-order valence-electron chi connectivity index (χ3n) is 3.30. The van der Waals surface area contributed by atoms with Crippen molar-refractivity contribution in [1.82, 2.24) is 10.2 Å². The van der Waals surface area contributed by atoms with Crippen LogP contribution < -0.4 is 5.32 Å². The van der Waals surface area contributed by atoms with Gasteiger partial charge in [-0.25, -0.2) is 4.39 Å². The molecule has 0 aliphatic heterocycles. The molecule has 1 N–H and O–H groups in total. The predicted octanol–water partition coefficient (Wildman–Crippen LogP) is 3.93. The number of nitrogens with one attached hydrogen (secondary N) is 1. The van der Waals surface area contributed by atoms with Crippen LogP contribution in [0.2, 0.25) is 5.15 Å². The zero-order valence-electron chi connectivity index (χ0n) is 11.7. The van der Waals surface area contributed by atoms with E-state index in [1.807, 2.05) is 13.8 Å². The van der Waals surface area contributed by atoms with E-state index in [1.165, 1.54) is 12.1 Å². The Hall–Kier alpha value is -1.68. The highest BCUT2D eigenvalue weighted by Crippen LogP contribution is 2.21. The van der Waals surface area contributed by atoms with Crippen LogP contribution in [0.25, 0.3) is 0 Å². The molecule has 0 saturated carbocycles. The van der Waals surface area contributed by atoms with Crippen LogP contribution in [0.15, 0.2) is 24.3 Å². The van der Waals surface area contributed by atoms with Crippen molar-refractivity contribution in [3.63, 3.8) is 0 Å². The van der Waals surface area contributed by atoms with Crippen LogP contribution in [0.3, 0.4) is 0 Å². The van der Waals surface area contributed by atoms with E-state index in [1.54, 1.807) is 12.1 Å². The molecule has 0 bridgehead atoms. The summed E-state index contributed by atoms with van der Waals surface area (Å²) in [6.45, 7) is 5.93. The van der Waals surface area contributed by atoms with Crippen molar-refractivity contribution in [3.05, 3.63) is 51.9 Å². The molecule has 0 saturated heterocycles. The molecule has 1 atom stereocenters. The number of nitrogens with zero attached hydrogens (tertiary/aromatic N) is 2. The normalized spacial score (nSPS) is 12.2. The zero-order valence-corrected chi connectivity index (χ0v) is 12.5. The molecule has 20 heavy (non-hydrogen) atoms. The van der Waals surface area contributed by atoms with Crippen LogP contribution in [0.4, 0.5) is 10.2 Å². The Balaban J connectivity index is 2.06. The topological polar surface area (TPSA) is 37.8 Å². The van der Waals surface area contributed by atoms with E-state index in [0.717, 1.165) is 28.9 Å². The van der Waals surface area contributed by atoms with Gasteiger partial charge >= 0.3 is 0 Å². The number of rotatable bonds is 4. The van der Waals surface area contributed by atoms with Crippen LogP contribution in [0.5, 0.6) is 0 Å². The lowest BCUT2D eigenvalue weighted by molar-refractivity contribution is 0.626. The summed E-state index contributed by atoms with van der Waals surface area (Å²) in [5, 5.41) is 11.7. The SMILES string of the molecule is Cc1c(Cl)nnc(NC(C)Cc2ccc(F)cc2)c1C. The first-order valence-corrected chi connectivity index (χ1v) is 6.85. The quantitative estimate of drug-likeness (QED) is 0.928. The van der Waals surface area contributed by atoms with Crippen LogP contribution in [-0.4, -0.2) is 16.2 Å². The summed E-state index contributed by atoms with van der Waals surface area (Å²) in [6.07, 6.45) is 0.781. The van der Waals surface area contributed by atoms with Gasteiger partial charge in [-0.05, 0) is 56.0 Å². The second kappa shape index (κ2) is 6.18. The summed E-state index contributed by atoms with van der Waals surface area (Å²) in [5.41, 5.74) is 3.00. The Morgan fingerprint density at radius 1 is 1.15 bits per heavy atom. The van der Waals surface area contributed by atoms with E-state index in [9.17, 15) is 4.39 Å². The largest absolute Gasteiger partial charge is 0.366 e. The zero-order chi connectivity index (χ0) is 14.7. The standard InChI is InChI=1S/C15H17ClFN3/c1-9(8-12-4-6-13(17)7-5-12)18-15-11(3)10(2)14(16)19-20-15/h4-7,9H,8H2,1-3H3,(H,18,20). The fraction of sp³-hybridized carbons (Fsp3) is 0.333. The molecule has 0 radical (unpaired) electrons. The minimum atomic E-state index is -0.218. The van der Waals surface area contributed by atoms with Crippen molar-refractivity contribution in [3.8, 4) is 0 Å². The van der Waals surface area contributed by atoms with E-state index in [0.29, 0.717) is 5.15 Å². The van der Waals surface area contributed by atoms with Gasteiger partial charge in [0.25, 0.3) is 0 Å². The van der Waals surface area contributed by atoms with Crippen molar-refractivity contribution < 1.29 is 4.39 Å². The van der Waals surface area contributed by atoms with Crippen LogP contribution in [0.1, 0.15) is 23.6 Å². The molecule has 1 unspecified atom stereocenters. The van der Waals surface area contributed by atoms with Crippen LogP contribution in [0, 0.1) is 19.7 Å². The summed E-state index contributed by atoms with van der Waals surface area (Å²) in [6, 6.07) is 6.69. The molecule has 106 valence electrons. The summed E-state index contributed by atoms with van der Waals surface area (Å²) in [7, 11) is 0. The summed E-state index contributed by atoms with van der Waals surface area (Å²) >= 11 is 5.93. The molecule has 2 aromatic rings. The third-order valence-corrected chi connectivity index (χ3v) is 3.66. The minimum Gasteiger partial charge on any atom is -0.366 e. The minimum absolute atomic E-state index is 0.161. The molecule has 2 rings (SSSR count). The van der Waals surface area contributed by atoms with Gasteiger partial charge in [0.1, 0.15) is 5.82 Å². The van der Waals surface area contributed by atoms with Gasteiger partial charge in [0.05, 0.1) is 0 Å². The van der Waals surface area contributed by atoms with Crippen molar-refractivity contribution in [1.29, 1.82) is 0 Å². The van der Waals surface area contributed by atoms with E-state index >= 15 is 0 Å². The lowest BCUT2D eigenvalue weighted by Crippen LogP contribution is -2.20. The summed E-state index contributed by atoms with van der Waals surface area (Å²) in [4.78, 5) is 0. The van der Waals surface area contributed by atoms with Crippen molar-refractivity contribution in [2.75, 3.05) is 5.32 Å².